The summed E-state index contributed by atoms with van der Waals surface area (Å²) in [6.07, 6.45) is 1.30. The molecule has 0 aromatic heterocycles. The van der Waals surface area contributed by atoms with E-state index in [0.29, 0.717) is 10.6 Å². The second-order valence-corrected chi connectivity index (χ2v) is 8.91. The van der Waals surface area contributed by atoms with Crippen molar-refractivity contribution >= 4 is 51.1 Å². The van der Waals surface area contributed by atoms with Crippen molar-refractivity contribution in [3.05, 3.63) is 92.0 Å². The highest BCUT2D eigenvalue weighted by atomic mass is 35.5. The number of hydrogen-bond acceptors (Lipinski definition) is 8. The molecule has 0 bridgehead atoms. The van der Waals surface area contributed by atoms with E-state index < -0.39 is 20.9 Å². The lowest BCUT2D eigenvalue weighted by Crippen LogP contribution is -2.18. The molecule has 0 aliphatic rings. The lowest BCUT2D eigenvalue weighted by molar-refractivity contribution is -0.384. The summed E-state index contributed by atoms with van der Waals surface area (Å²) in [6.45, 7) is 0. The summed E-state index contributed by atoms with van der Waals surface area (Å²) in [6, 6.07) is 12.9. The zero-order chi connectivity index (χ0) is 24.9. The molecule has 0 saturated heterocycles. The molecule has 1 N–H and O–H groups in total. The average Bonchev–Trinajstić information content (AvgIpc) is 2.79. The lowest BCUT2D eigenvalue weighted by atomic mass is 10.2. The third-order valence-corrected chi connectivity index (χ3v) is 6.08. The van der Waals surface area contributed by atoms with Gasteiger partial charge in [-0.05, 0) is 54.1 Å². The number of nitrogens with one attached hydrogen (secondary N) is 1. The maximum Gasteiger partial charge on any atom is 0.339 e. The first-order valence-electron chi connectivity index (χ1n) is 9.26. The number of carbonyl (C=O) groups is 1. The largest absolute Gasteiger partial charge is 0.493 e. The fourth-order valence-electron chi connectivity index (χ4n) is 2.63. The van der Waals surface area contributed by atoms with Gasteiger partial charge in [-0.3, -0.25) is 14.9 Å². The SMILES string of the molecule is COc1cc(/C=N\NC(=O)c2ccc(Cl)cc2Cl)ccc1OS(=O)(=O)c1ccc([N+](=O)[O-])cc1. The van der Waals surface area contributed by atoms with Gasteiger partial charge in [0.2, 0.25) is 0 Å². The van der Waals surface area contributed by atoms with Gasteiger partial charge < -0.3 is 8.92 Å². The number of hydrazone groups is 1. The van der Waals surface area contributed by atoms with E-state index in [9.17, 15) is 23.3 Å². The first kappa shape index (κ1) is 25.0. The number of carbonyl (C=O) groups excluding carboxylic acids is 1. The minimum absolute atomic E-state index is 0.0708. The molecule has 0 aliphatic heterocycles. The summed E-state index contributed by atoms with van der Waals surface area (Å²) in [5.74, 6) is -0.601. The molecule has 3 aromatic rings. The number of nitro benzene ring substituents is 1. The summed E-state index contributed by atoms with van der Waals surface area (Å²) in [5, 5.41) is 15.1. The molecule has 0 radical (unpaired) electrons. The van der Waals surface area contributed by atoms with Crippen LogP contribution in [-0.4, -0.2) is 32.6 Å². The molecule has 0 spiro atoms. The monoisotopic (exact) mass is 523 g/mol. The van der Waals surface area contributed by atoms with Gasteiger partial charge >= 0.3 is 10.1 Å². The van der Waals surface area contributed by atoms with E-state index in [-0.39, 0.29) is 32.7 Å². The molecule has 13 heteroatoms. The van der Waals surface area contributed by atoms with Gasteiger partial charge in [-0.25, -0.2) is 5.43 Å². The van der Waals surface area contributed by atoms with Crippen LogP contribution in [0.4, 0.5) is 5.69 Å². The molecule has 0 aliphatic carbocycles. The van der Waals surface area contributed by atoms with E-state index in [1.165, 1.54) is 49.7 Å². The van der Waals surface area contributed by atoms with E-state index in [4.69, 9.17) is 32.1 Å². The number of benzene rings is 3. The maximum absolute atomic E-state index is 12.5. The fourth-order valence-corrected chi connectivity index (χ4v) is 4.07. The summed E-state index contributed by atoms with van der Waals surface area (Å²) in [5.41, 5.74) is 2.70. The van der Waals surface area contributed by atoms with Crippen molar-refractivity contribution in [2.75, 3.05) is 7.11 Å². The third kappa shape index (κ3) is 6.01. The van der Waals surface area contributed by atoms with Crippen LogP contribution in [0.1, 0.15) is 15.9 Å². The summed E-state index contributed by atoms with van der Waals surface area (Å²) in [4.78, 5) is 22.0. The predicted octanol–water partition coefficient (Wildman–Crippen LogP) is 4.44. The van der Waals surface area contributed by atoms with Crippen LogP contribution in [0, 0.1) is 10.1 Å². The van der Waals surface area contributed by atoms with Gasteiger partial charge in [0, 0.05) is 17.2 Å². The number of nitro groups is 1. The Morgan fingerprint density at radius 2 is 1.76 bits per heavy atom. The molecule has 0 heterocycles. The minimum Gasteiger partial charge on any atom is -0.493 e. The Bertz CT molecular complexity index is 1380. The number of non-ortho nitro benzene ring substituents is 1. The molecular formula is C21H15Cl2N3O7S. The highest BCUT2D eigenvalue weighted by Gasteiger charge is 2.20. The number of methoxy groups -OCH3 is 1. The van der Waals surface area contributed by atoms with Crippen molar-refractivity contribution in [2.45, 2.75) is 4.90 Å². The van der Waals surface area contributed by atoms with Crippen molar-refractivity contribution in [2.24, 2.45) is 5.10 Å². The Morgan fingerprint density at radius 3 is 2.38 bits per heavy atom. The minimum atomic E-state index is -4.28. The van der Waals surface area contributed by atoms with Gasteiger partial charge in [-0.2, -0.15) is 13.5 Å². The second-order valence-electron chi connectivity index (χ2n) is 6.52. The Balaban J connectivity index is 1.73. The van der Waals surface area contributed by atoms with Crippen LogP contribution < -0.4 is 14.3 Å². The molecule has 1 amide bonds. The molecule has 34 heavy (non-hydrogen) atoms. The maximum atomic E-state index is 12.5. The van der Waals surface area contributed by atoms with E-state index >= 15 is 0 Å². The summed E-state index contributed by atoms with van der Waals surface area (Å²) in [7, 11) is -2.97. The number of rotatable bonds is 8. The Morgan fingerprint density at radius 1 is 1.06 bits per heavy atom. The van der Waals surface area contributed by atoms with E-state index in [1.807, 2.05) is 0 Å². The van der Waals surface area contributed by atoms with Crippen molar-refractivity contribution in [3.8, 4) is 11.5 Å². The Hall–Kier alpha value is -3.67. The second kappa shape index (κ2) is 10.5. The van der Waals surface area contributed by atoms with Gasteiger partial charge in [0.25, 0.3) is 11.6 Å². The molecule has 3 rings (SSSR count). The van der Waals surface area contributed by atoms with Crippen molar-refractivity contribution in [1.29, 1.82) is 0 Å². The van der Waals surface area contributed by atoms with E-state index in [2.05, 4.69) is 10.5 Å². The van der Waals surface area contributed by atoms with Crippen LogP contribution >= 0.6 is 23.2 Å². The van der Waals surface area contributed by atoms with Gasteiger partial charge in [0.05, 0.1) is 28.8 Å². The van der Waals surface area contributed by atoms with Crippen LogP contribution in [0.2, 0.25) is 10.0 Å². The standard InChI is InChI=1S/C21H15Cl2N3O7S/c1-32-20-10-13(12-24-25-21(27)17-8-3-14(22)11-18(17)23)2-9-19(20)33-34(30,31)16-6-4-15(5-7-16)26(28)29/h2-12H,1H3,(H,25,27)/b24-12-. The molecule has 10 nitrogen and oxygen atoms in total. The quantitative estimate of drug-likeness (QED) is 0.199. The van der Waals surface area contributed by atoms with Gasteiger partial charge in [0.15, 0.2) is 11.5 Å². The number of hydrogen-bond donors (Lipinski definition) is 1. The number of ether oxygens (including phenoxy) is 1. The Kier molecular flexibility index (Phi) is 7.72. The van der Waals surface area contributed by atoms with Gasteiger partial charge in [0.1, 0.15) is 4.90 Å². The molecule has 176 valence electrons. The Labute approximate surface area is 204 Å². The molecule has 0 unspecified atom stereocenters. The first-order chi connectivity index (χ1) is 16.1. The van der Waals surface area contributed by atoms with E-state index in [0.717, 1.165) is 24.3 Å². The zero-order valence-corrected chi connectivity index (χ0v) is 19.6. The third-order valence-electron chi connectivity index (χ3n) is 4.28. The summed E-state index contributed by atoms with van der Waals surface area (Å²) < 4.78 is 35.4. The average molecular weight is 524 g/mol. The van der Waals surface area contributed by atoms with Crippen LogP contribution in [0.3, 0.4) is 0 Å². The number of nitrogens with zero attached hydrogens (tertiary/aromatic N) is 2. The smallest absolute Gasteiger partial charge is 0.339 e. The van der Waals surface area contributed by atoms with Gasteiger partial charge in [-0.15, -0.1) is 0 Å². The van der Waals surface area contributed by atoms with Crippen LogP contribution in [-0.2, 0) is 10.1 Å². The molecule has 3 aromatic carbocycles. The first-order valence-corrected chi connectivity index (χ1v) is 11.4. The lowest BCUT2D eigenvalue weighted by Gasteiger charge is -2.11. The fraction of sp³-hybridized carbons (Fsp3) is 0.0476. The highest BCUT2D eigenvalue weighted by Crippen LogP contribution is 2.31. The van der Waals surface area contributed by atoms with Crippen molar-refractivity contribution in [3.63, 3.8) is 0 Å². The van der Waals surface area contributed by atoms with Gasteiger partial charge in [-0.1, -0.05) is 23.2 Å². The van der Waals surface area contributed by atoms with Crippen LogP contribution in [0.5, 0.6) is 11.5 Å². The van der Waals surface area contributed by atoms with E-state index in [1.54, 1.807) is 0 Å². The van der Waals surface area contributed by atoms with Crippen molar-refractivity contribution < 1.29 is 27.1 Å². The van der Waals surface area contributed by atoms with Crippen molar-refractivity contribution in [1.82, 2.24) is 5.43 Å². The number of halogens is 2. The molecule has 0 atom stereocenters. The van der Waals surface area contributed by atoms with Crippen LogP contribution in [0.15, 0.2) is 70.7 Å². The topological polar surface area (TPSA) is 137 Å². The molecular weight excluding hydrogens is 509 g/mol. The highest BCUT2D eigenvalue weighted by molar-refractivity contribution is 7.87. The summed E-state index contributed by atoms with van der Waals surface area (Å²) >= 11 is 11.8. The zero-order valence-electron chi connectivity index (χ0n) is 17.3. The van der Waals surface area contributed by atoms with Crippen LogP contribution in [0.25, 0.3) is 0 Å². The number of amides is 1. The molecule has 0 saturated carbocycles. The molecule has 0 fully saturated rings. The normalized spacial score (nSPS) is 11.3. The predicted molar refractivity (Wildman–Crippen MR) is 125 cm³/mol.